The molecule has 0 saturated carbocycles. The number of fused-ring (bicyclic) bond motifs is 1. The predicted octanol–water partition coefficient (Wildman–Crippen LogP) is 6.35. The summed E-state index contributed by atoms with van der Waals surface area (Å²) in [5, 5.41) is 3.89. The Kier molecular flexibility index (Phi) is 6.11. The molecule has 4 aromatic rings. The van der Waals surface area contributed by atoms with Gasteiger partial charge < -0.3 is 4.74 Å². The van der Waals surface area contributed by atoms with Gasteiger partial charge in [0, 0.05) is 16.7 Å². The maximum atomic E-state index is 13.3. The quantitative estimate of drug-likeness (QED) is 0.199. The summed E-state index contributed by atoms with van der Waals surface area (Å²) >= 11 is 3.16. The van der Waals surface area contributed by atoms with Crippen molar-refractivity contribution in [3.05, 3.63) is 77.2 Å². The number of halogens is 1. The van der Waals surface area contributed by atoms with Crippen LogP contribution >= 0.6 is 23.1 Å². The second-order valence-corrected chi connectivity index (χ2v) is 8.78. The molecule has 0 N–H and O–H groups in total. The van der Waals surface area contributed by atoms with Crippen LogP contribution in [0.2, 0.25) is 0 Å². The number of esters is 1. The van der Waals surface area contributed by atoms with Crippen molar-refractivity contribution in [2.75, 3.05) is 0 Å². The number of ether oxygens (including phenoxy) is 1. The summed E-state index contributed by atoms with van der Waals surface area (Å²) in [6.45, 7) is 3.66. The van der Waals surface area contributed by atoms with Crippen molar-refractivity contribution in [3.63, 3.8) is 0 Å². The van der Waals surface area contributed by atoms with Gasteiger partial charge in [-0.2, -0.15) is 0 Å². The van der Waals surface area contributed by atoms with Gasteiger partial charge in [0.1, 0.15) is 22.0 Å². The fraction of sp³-hybridized carbons (Fsp3) is 0.174. The predicted molar refractivity (Wildman–Crippen MR) is 119 cm³/mol. The Morgan fingerprint density at radius 1 is 1.10 bits per heavy atom. The fourth-order valence-electron chi connectivity index (χ4n) is 2.97. The average Bonchev–Trinajstić information content (AvgIpc) is 3.17. The maximum Gasteiger partial charge on any atom is 0.338 e. The zero-order chi connectivity index (χ0) is 21.1. The minimum Gasteiger partial charge on any atom is -0.459 e. The Labute approximate surface area is 182 Å². The van der Waals surface area contributed by atoms with E-state index in [4.69, 9.17) is 4.74 Å². The number of benzene rings is 2. The van der Waals surface area contributed by atoms with Gasteiger partial charge in [-0.15, -0.1) is 23.1 Å². The Bertz CT molecular complexity index is 1170. The molecule has 0 aliphatic heterocycles. The number of rotatable bonds is 6. The molecule has 0 fully saturated rings. The Morgan fingerprint density at radius 2 is 1.83 bits per heavy atom. The van der Waals surface area contributed by atoms with E-state index in [0.29, 0.717) is 11.3 Å². The molecule has 0 unspecified atom stereocenters. The third kappa shape index (κ3) is 4.52. The van der Waals surface area contributed by atoms with Crippen LogP contribution in [-0.4, -0.2) is 22.0 Å². The number of hydrogen-bond acceptors (Lipinski definition) is 6. The summed E-state index contributed by atoms with van der Waals surface area (Å²) in [7, 11) is 0. The molecule has 0 amide bonds. The monoisotopic (exact) mass is 438 g/mol. The third-order valence-corrected chi connectivity index (χ3v) is 6.35. The van der Waals surface area contributed by atoms with Gasteiger partial charge in [-0.05, 0) is 49.2 Å². The molecule has 0 saturated heterocycles. The summed E-state index contributed by atoms with van der Waals surface area (Å²) in [4.78, 5) is 21.8. The first-order valence-electron chi connectivity index (χ1n) is 9.42. The first kappa shape index (κ1) is 20.5. The standard InChI is InChI=1S/C23H19FN2O2S2/c1-14(2)28-23(27)17-5-3-15(4-6-17)11-29-21-20-19(12-30-22(20)26-13-25-21)16-7-9-18(24)10-8-16/h3-10,12-14H,11H2,1-2H3. The second-order valence-electron chi connectivity index (χ2n) is 6.95. The van der Waals surface area contributed by atoms with E-state index in [1.54, 1.807) is 53.7 Å². The van der Waals surface area contributed by atoms with Crippen LogP contribution in [0, 0.1) is 5.82 Å². The van der Waals surface area contributed by atoms with E-state index in [2.05, 4.69) is 9.97 Å². The minimum absolute atomic E-state index is 0.145. The van der Waals surface area contributed by atoms with Gasteiger partial charge in [-0.1, -0.05) is 24.3 Å². The van der Waals surface area contributed by atoms with Gasteiger partial charge in [0.25, 0.3) is 0 Å². The molecule has 2 heterocycles. The van der Waals surface area contributed by atoms with E-state index >= 15 is 0 Å². The molecular formula is C23H19FN2O2S2. The average molecular weight is 439 g/mol. The molecule has 0 bridgehead atoms. The first-order valence-corrected chi connectivity index (χ1v) is 11.3. The van der Waals surface area contributed by atoms with E-state index in [0.717, 1.165) is 31.9 Å². The van der Waals surface area contributed by atoms with Crippen LogP contribution in [0.15, 0.2) is 65.3 Å². The summed E-state index contributed by atoms with van der Waals surface area (Å²) in [5.41, 5.74) is 3.56. The van der Waals surface area contributed by atoms with Crippen molar-refractivity contribution in [1.29, 1.82) is 0 Å². The number of carbonyl (C=O) groups excluding carboxylic acids is 1. The van der Waals surface area contributed by atoms with Gasteiger partial charge in [-0.25, -0.2) is 19.2 Å². The van der Waals surface area contributed by atoms with E-state index in [9.17, 15) is 9.18 Å². The topological polar surface area (TPSA) is 52.1 Å². The lowest BCUT2D eigenvalue weighted by atomic mass is 10.1. The number of nitrogens with zero attached hydrogens (tertiary/aromatic N) is 2. The van der Waals surface area contributed by atoms with Crippen molar-refractivity contribution in [1.82, 2.24) is 9.97 Å². The lowest BCUT2D eigenvalue weighted by Crippen LogP contribution is -2.11. The number of carbonyl (C=O) groups is 1. The van der Waals surface area contributed by atoms with E-state index in [1.807, 2.05) is 31.4 Å². The molecule has 0 aliphatic rings. The molecule has 0 radical (unpaired) electrons. The lowest BCUT2D eigenvalue weighted by molar-refractivity contribution is 0.0378. The van der Waals surface area contributed by atoms with Crippen LogP contribution < -0.4 is 0 Å². The summed E-state index contributed by atoms with van der Waals surface area (Å²) in [6.07, 6.45) is 1.43. The van der Waals surface area contributed by atoms with Crippen molar-refractivity contribution in [2.24, 2.45) is 0 Å². The van der Waals surface area contributed by atoms with Crippen molar-refractivity contribution in [2.45, 2.75) is 30.7 Å². The van der Waals surface area contributed by atoms with E-state index in [-0.39, 0.29) is 17.9 Å². The molecule has 4 nitrogen and oxygen atoms in total. The summed E-state index contributed by atoms with van der Waals surface area (Å²) < 4.78 is 18.5. The Balaban J connectivity index is 1.55. The number of thiophene rings is 1. The largest absolute Gasteiger partial charge is 0.459 e. The zero-order valence-electron chi connectivity index (χ0n) is 16.5. The molecule has 30 heavy (non-hydrogen) atoms. The third-order valence-electron chi connectivity index (χ3n) is 4.40. The first-order chi connectivity index (χ1) is 14.5. The van der Waals surface area contributed by atoms with Crippen LogP contribution in [0.1, 0.15) is 29.8 Å². The highest BCUT2D eigenvalue weighted by atomic mass is 32.2. The van der Waals surface area contributed by atoms with Gasteiger partial charge in [-0.3, -0.25) is 0 Å². The summed E-state index contributed by atoms with van der Waals surface area (Å²) in [6, 6.07) is 13.9. The lowest BCUT2D eigenvalue weighted by Gasteiger charge is -2.09. The zero-order valence-corrected chi connectivity index (χ0v) is 18.1. The number of thioether (sulfide) groups is 1. The normalized spacial score (nSPS) is 11.2. The van der Waals surface area contributed by atoms with E-state index in [1.165, 1.54) is 12.1 Å². The molecule has 152 valence electrons. The summed E-state index contributed by atoms with van der Waals surface area (Å²) in [5.74, 6) is 0.124. The Hall–Kier alpha value is -2.77. The SMILES string of the molecule is CC(C)OC(=O)c1ccc(CSc2ncnc3scc(-c4ccc(F)cc4)c23)cc1. The van der Waals surface area contributed by atoms with Crippen LogP contribution in [0.3, 0.4) is 0 Å². The van der Waals surface area contributed by atoms with Crippen molar-refractivity contribution in [3.8, 4) is 11.1 Å². The van der Waals surface area contributed by atoms with Crippen LogP contribution in [0.4, 0.5) is 4.39 Å². The molecule has 4 rings (SSSR count). The second kappa shape index (κ2) is 8.93. The minimum atomic E-state index is -0.316. The highest BCUT2D eigenvalue weighted by molar-refractivity contribution is 7.98. The molecule has 0 spiro atoms. The molecular weight excluding hydrogens is 419 g/mol. The van der Waals surface area contributed by atoms with Gasteiger partial charge in [0.05, 0.1) is 17.1 Å². The van der Waals surface area contributed by atoms with Crippen LogP contribution in [-0.2, 0) is 10.5 Å². The number of aromatic nitrogens is 2. The van der Waals surface area contributed by atoms with Gasteiger partial charge in [0.15, 0.2) is 0 Å². The van der Waals surface area contributed by atoms with E-state index < -0.39 is 0 Å². The van der Waals surface area contributed by atoms with Gasteiger partial charge in [0.2, 0.25) is 0 Å². The van der Waals surface area contributed by atoms with Crippen LogP contribution in [0.25, 0.3) is 21.3 Å². The molecule has 2 aromatic carbocycles. The molecule has 2 aromatic heterocycles. The molecule has 0 atom stereocenters. The van der Waals surface area contributed by atoms with Gasteiger partial charge >= 0.3 is 5.97 Å². The molecule has 0 aliphatic carbocycles. The highest BCUT2D eigenvalue weighted by Crippen LogP contribution is 2.38. The molecule has 7 heteroatoms. The van der Waals surface area contributed by atoms with Crippen LogP contribution in [0.5, 0.6) is 0 Å². The Morgan fingerprint density at radius 3 is 2.53 bits per heavy atom. The highest BCUT2D eigenvalue weighted by Gasteiger charge is 2.14. The number of hydrogen-bond donors (Lipinski definition) is 0. The van der Waals surface area contributed by atoms with Crippen molar-refractivity contribution < 1.29 is 13.9 Å². The smallest absolute Gasteiger partial charge is 0.338 e. The van der Waals surface area contributed by atoms with Crippen molar-refractivity contribution >= 4 is 39.3 Å². The fourth-order valence-corrected chi connectivity index (χ4v) is 4.92. The maximum absolute atomic E-state index is 13.3.